The molecule has 3 rings (SSSR count). The summed E-state index contributed by atoms with van der Waals surface area (Å²) >= 11 is 0. The highest BCUT2D eigenvalue weighted by molar-refractivity contribution is 7.92. The molecule has 0 unspecified atom stereocenters. The van der Waals surface area contributed by atoms with E-state index in [1.807, 2.05) is 18.2 Å². The average Bonchev–Trinajstić information content (AvgIpc) is 2.67. The fourth-order valence-corrected chi connectivity index (χ4v) is 4.03. The van der Waals surface area contributed by atoms with Crippen LogP contribution in [0.5, 0.6) is 0 Å². The second-order valence-corrected chi connectivity index (χ2v) is 10.9. The number of aryl methyl sites for hydroxylation is 1. The summed E-state index contributed by atoms with van der Waals surface area (Å²) in [5.41, 5.74) is 3.10. The van der Waals surface area contributed by atoms with Gasteiger partial charge in [-0.3, -0.25) is 9.52 Å². The molecule has 1 amide bonds. The van der Waals surface area contributed by atoms with Gasteiger partial charge in [-0.05, 0) is 60.7 Å². The van der Waals surface area contributed by atoms with Crippen LogP contribution in [0.1, 0.15) is 60.9 Å². The van der Waals surface area contributed by atoms with Crippen LogP contribution in [-0.4, -0.2) is 25.6 Å². The van der Waals surface area contributed by atoms with Crippen molar-refractivity contribution in [2.45, 2.75) is 46.1 Å². The van der Waals surface area contributed by atoms with Gasteiger partial charge in [0.15, 0.2) is 0 Å². The Balaban J connectivity index is 1.82. The zero-order valence-corrected chi connectivity index (χ0v) is 19.9. The van der Waals surface area contributed by atoms with Crippen LogP contribution in [0, 0.1) is 12.7 Å². The molecule has 1 atom stereocenters. The van der Waals surface area contributed by atoms with Crippen LogP contribution in [-0.2, 0) is 15.4 Å². The molecule has 6 nitrogen and oxygen atoms in total. The molecule has 0 aliphatic rings. The number of hydrogen-bond acceptors (Lipinski definition) is 4. The number of rotatable bonds is 5. The molecule has 0 saturated heterocycles. The monoisotopic (exact) mass is 457 g/mol. The third-order valence-corrected chi connectivity index (χ3v) is 5.83. The summed E-state index contributed by atoms with van der Waals surface area (Å²) in [6.07, 6.45) is 1.00. The molecule has 2 N–H and O–H groups in total. The molecule has 0 fully saturated rings. The van der Waals surface area contributed by atoms with Gasteiger partial charge in [-0.15, -0.1) is 0 Å². The van der Waals surface area contributed by atoms with Crippen molar-refractivity contribution in [3.8, 4) is 0 Å². The molecule has 0 aliphatic heterocycles. The van der Waals surface area contributed by atoms with Crippen molar-refractivity contribution < 1.29 is 17.6 Å². The number of carbonyl (C=O) groups is 1. The number of amides is 1. The maximum Gasteiger partial charge on any atom is 0.270 e. The fourth-order valence-electron chi connectivity index (χ4n) is 3.41. The highest BCUT2D eigenvalue weighted by Crippen LogP contribution is 2.27. The van der Waals surface area contributed by atoms with E-state index < -0.39 is 27.8 Å². The van der Waals surface area contributed by atoms with Gasteiger partial charge in [-0.1, -0.05) is 32.9 Å². The summed E-state index contributed by atoms with van der Waals surface area (Å²) in [6, 6.07) is 11.5. The molecule has 0 bridgehead atoms. The van der Waals surface area contributed by atoms with Crippen molar-refractivity contribution in [1.29, 1.82) is 0 Å². The normalized spacial score (nSPS) is 13.1. The number of nitrogens with one attached hydrogen (secondary N) is 2. The third-order valence-electron chi connectivity index (χ3n) is 5.24. The lowest BCUT2D eigenvalue weighted by Crippen LogP contribution is -2.28. The summed E-state index contributed by atoms with van der Waals surface area (Å²) < 4.78 is 39.8. The Kier molecular flexibility index (Phi) is 6.29. The minimum atomic E-state index is -3.53. The van der Waals surface area contributed by atoms with Gasteiger partial charge in [-0.2, -0.15) is 0 Å². The van der Waals surface area contributed by atoms with Gasteiger partial charge in [0.05, 0.1) is 23.5 Å². The van der Waals surface area contributed by atoms with Gasteiger partial charge in [0.1, 0.15) is 11.5 Å². The first-order valence-electron chi connectivity index (χ1n) is 10.2. The molecule has 1 aromatic heterocycles. The van der Waals surface area contributed by atoms with Gasteiger partial charge in [0, 0.05) is 10.9 Å². The summed E-state index contributed by atoms with van der Waals surface area (Å²) in [6.45, 7) is 9.73. The zero-order valence-electron chi connectivity index (χ0n) is 19.1. The standard InChI is InChI=1S/C24H28FN3O3S/c1-14-11-18(19(25)13-22(14)28-32(6,30)31)15(2)26-23(29)21-9-7-16-12-17(24(3,4)5)8-10-20(16)27-21/h7-13,15,28H,1-6H3,(H,26,29)/t15-/m1/s1. The Hall–Kier alpha value is -3.00. The van der Waals surface area contributed by atoms with Crippen molar-refractivity contribution in [1.82, 2.24) is 10.3 Å². The second-order valence-electron chi connectivity index (χ2n) is 9.11. The van der Waals surface area contributed by atoms with Crippen molar-refractivity contribution in [2.24, 2.45) is 0 Å². The first-order valence-corrected chi connectivity index (χ1v) is 12.1. The molecule has 0 saturated carbocycles. The molecule has 170 valence electrons. The van der Waals surface area contributed by atoms with E-state index in [-0.39, 0.29) is 22.4 Å². The molecular formula is C24H28FN3O3S. The van der Waals surface area contributed by atoms with E-state index in [0.29, 0.717) is 11.1 Å². The number of carbonyl (C=O) groups excluding carboxylic acids is 1. The van der Waals surface area contributed by atoms with Gasteiger partial charge in [-0.25, -0.2) is 17.8 Å². The Labute approximate surface area is 188 Å². The maximum atomic E-state index is 14.6. The molecule has 3 aromatic rings. The molecule has 1 heterocycles. The third kappa shape index (κ3) is 5.43. The van der Waals surface area contributed by atoms with E-state index >= 15 is 0 Å². The molecule has 0 spiro atoms. The first-order chi connectivity index (χ1) is 14.7. The van der Waals surface area contributed by atoms with Crippen LogP contribution in [0.2, 0.25) is 0 Å². The zero-order chi connectivity index (χ0) is 23.8. The summed E-state index contributed by atoms with van der Waals surface area (Å²) in [5, 5.41) is 3.71. The highest BCUT2D eigenvalue weighted by atomic mass is 32.2. The van der Waals surface area contributed by atoms with E-state index in [4.69, 9.17) is 0 Å². The van der Waals surface area contributed by atoms with Crippen molar-refractivity contribution in [3.63, 3.8) is 0 Å². The van der Waals surface area contributed by atoms with Crippen LogP contribution in [0.25, 0.3) is 10.9 Å². The topological polar surface area (TPSA) is 88.2 Å². The number of pyridine rings is 1. The largest absolute Gasteiger partial charge is 0.344 e. The van der Waals surface area contributed by atoms with Crippen molar-refractivity contribution >= 4 is 32.5 Å². The van der Waals surface area contributed by atoms with E-state index in [9.17, 15) is 17.6 Å². The highest BCUT2D eigenvalue weighted by Gasteiger charge is 2.19. The van der Waals surface area contributed by atoms with Gasteiger partial charge >= 0.3 is 0 Å². The van der Waals surface area contributed by atoms with Crippen LogP contribution in [0.3, 0.4) is 0 Å². The summed E-state index contributed by atoms with van der Waals surface area (Å²) in [5.74, 6) is -1.04. The number of anilines is 1. The van der Waals surface area contributed by atoms with E-state index in [0.717, 1.165) is 17.7 Å². The number of fused-ring (bicyclic) bond motifs is 1. The average molecular weight is 458 g/mol. The van der Waals surface area contributed by atoms with Crippen molar-refractivity contribution in [3.05, 3.63) is 70.7 Å². The Bertz CT molecular complexity index is 1300. The number of halogens is 1. The Morgan fingerprint density at radius 3 is 2.41 bits per heavy atom. The van der Waals surface area contributed by atoms with Crippen LogP contribution >= 0.6 is 0 Å². The molecule has 8 heteroatoms. The lowest BCUT2D eigenvalue weighted by atomic mass is 9.86. The van der Waals surface area contributed by atoms with Crippen molar-refractivity contribution in [2.75, 3.05) is 11.0 Å². The minimum Gasteiger partial charge on any atom is -0.344 e. The number of nitrogens with zero attached hydrogens (tertiary/aromatic N) is 1. The minimum absolute atomic E-state index is 0.00819. The number of sulfonamides is 1. The molecule has 32 heavy (non-hydrogen) atoms. The predicted octanol–water partition coefficient (Wildman–Crippen LogP) is 4.84. The number of benzene rings is 2. The van der Waals surface area contributed by atoms with Gasteiger partial charge < -0.3 is 5.32 Å². The van der Waals surface area contributed by atoms with Crippen LogP contribution < -0.4 is 10.0 Å². The molecule has 0 aliphatic carbocycles. The smallest absolute Gasteiger partial charge is 0.270 e. The molecule has 2 aromatic carbocycles. The summed E-state index contributed by atoms with van der Waals surface area (Å²) in [7, 11) is -3.53. The van der Waals surface area contributed by atoms with Crippen LogP contribution in [0.15, 0.2) is 42.5 Å². The van der Waals surface area contributed by atoms with Gasteiger partial charge in [0.2, 0.25) is 10.0 Å². The Morgan fingerprint density at radius 1 is 1.09 bits per heavy atom. The molecular weight excluding hydrogens is 429 g/mol. The lowest BCUT2D eigenvalue weighted by molar-refractivity contribution is 0.0934. The van der Waals surface area contributed by atoms with Crippen LogP contribution in [0.4, 0.5) is 10.1 Å². The number of hydrogen-bond donors (Lipinski definition) is 2. The molecule has 0 radical (unpaired) electrons. The quantitative estimate of drug-likeness (QED) is 0.574. The Morgan fingerprint density at radius 2 is 1.78 bits per heavy atom. The van der Waals surface area contributed by atoms with E-state index in [2.05, 4.69) is 41.9 Å². The first kappa shape index (κ1) is 23.7. The predicted molar refractivity (Wildman–Crippen MR) is 126 cm³/mol. The SMILES string of the molecule is Cc1cc([C@@H](C)NC(=O)c2ccc3cc(C(C)(C)C)ccc3n2)c(F)cc1NS(C)(=O)=O. The second kappa shape index (κ2) is 8.50. The summed E-state index contributed by atoms with van der Waals surface area (Å²) in [4.78, 5) is 17.2. The lowest BCUT2D eigenvalue weighted by Gasteiger charge is -2.19. The number of aromatic nitrogens is 1. The maximum absolute atomic E-state index is 14.6. The van der Waals surface area contributed by atoms with Gasteiger partial charge in [0.25, 0.3) is 5.91 Å². The fraction of sp³-hybridized carbons (Fsp3) is 0.333. The van der Waals surface area contributed by atoms with E-state index in [1.165, 1.54) is 11.6 Å². The van der Waals surface area contributed by atoms with E-state index in [1.54, 1.807) is 19.9 Å².